The molecule has 0 aromatic heterocycles. The molecule has 3 aromatic carbocycles. The molecule has 37 heavy (non-hydrogen) atoms. The van der Waals surface area contributed by atoms with Gasteiger partial charge in [0.1, 0.15) is 18.1 Å². The molecule has 9 heteroatoms. The predicted octanol–water partition coefficient (Wildman–Crippen LogP) is 6.93. The van der Waals surface area contributed by atoms with Gasteiger partial charge in [0.05, 0.1) is 22.5 Å². The van der Waals surface area contributed by atoms with E-state index in [1.54, 1.807) is 11.9 Å². The number of carbonyl (C=O) groups excluding carboxylic acids is 1. The second kappa shape index (κ2) is 12.1. The van der Waals surface area contributed by atoms with Crippen molar-refractivity contribution in [1.82, 2.24) is 4.90 Å². The number of anilines is 1. The molecule has 4 rings (SSSR count). The van der Waals surface area contributed by atoms with Gasteiger partial charge >= 0.3 is 0 Å². The Morgan fingerprint density at radius 1 is 1.00 bits per heavy atom. The number of ether oxygens (including phenoxy) is 3. The Hall–Kier alpha value is -2.82. The van der Waals surface area contributed by atoms with Crippen molar-refractivity contribution >= 4 is 69.2 Å². The summed E-state index contributed by atoms with van der Waals surface area (Å²) in [5.74, 6) is 1.78. The molecular weight excluding hydrogens is 623 g/mol. The van der Waals surface area contributed by atoms with E-state index in [0.29, 0.717) is 52.8 Å². The lowest BCUT2D eigenvalue weighted by Crippen LogP contribution is -2.31. The van der Waals surface area contributed by atoms with Crippen molar-refractivity contribution in [1.29, 1.82) is 0 Å². The van der Waals surface area contributed by atoms with Gasteiger partial charge in [-0.2, -0.15) is 0 Å². The predicted molar refractivity (Wildman–Crippen MR) is 160 cm³/mol. The fourth-order valence-electron chi connectivity index (χ4n) is 3.86. The van der Waals surface area contributed by atoms with E-state index in [2.05, 4.69) is 22.6 Å². The van der Waals surface area contributed by atoms with Gasteiger partial charge in [0.25, 0.3) is 5.91 Å². The first-order chi connectivity index (χ1) is 17.8. The van der Waals surface area contributed by atoms with Gasteiger partial charge in [0, 0.05) is 12.1 Å². The molecule has 1 aliphatic heterocycles. The molecule has 0 unspecified atom stereocenters. The Labute approximate surface area is 240 Å². The Kier molecular flexibility index (Phi) is 8.94. The molecule has 0 aliphatic carbocycles. The minimum Gasteiger partial charge on any atom is -0.494 e. The zero-order valence-corrected chi connectivity index (χ0v) is 24.4. The van der Waals surface area contributed by atoms with Crippen LogP contribution in [0, 0.1) is 3.57 Å². The van der Waals surface area contributed by atoms with E-state index in [0.717, 1.165) is 20.4 Å². The van der Waals surface area contributed by atoms with Gasteiger partial charge in [0.15, 0.2) is 16.6 Å². The van der Waals surface area contributed by atoms with Gasteiger partial charge in [-0.05, 0) is 114 Å². The molecule has 0 N–H and O–H groups in total. The number of benzene rings is 3. The third-order valence-corrected chi connectivity index (χ3v) is 7.07. The number of rotatable bonds is 9. The van der Waals surface area contributed by atoms with E-state index in [9.17, 15) is 4.79 Å². The SMILES string of the molecule is CCOc1ccc(N2C(=O)/C(=C/c3cc(I)c(OCc4cccc(Cl)c4)c(OCC)c3)N(C)C2=S)cc1. The number of amides is 1. The summed E-state index contributed by atoms with van der Waals surface area (Å²) in [5.41, 5.74) is 2.90. The number of carbonyl (C=O) groups is 1. The summed E-state index contributed by atoms with van der Waals surface area (Å²) in [6, 6.07) is 18.7. The van der Waals surface area contributed by atoms with Gasteiger partial charge in [-0.3, -0.25) is 9.69 Å². The Bertz CT molecular complexity index is 1350. The Morgan fingerprint density at radius 2 is 1.73 bits per heavy atom. The average molecular weight is 649 g/mol. The lowest BCUT2D eigenvalue weighted by Gasteiger charge is -2.17. The van der Waals surface area contributed by atoms with Crippen LogP contribution in [0.25, 0.3) is 6.08 Å². The second-order valence-corrected chi connectivity index (χ2v) is 10.1. The molecule has 0 bridgehead atoms. The zero-order valence-electron chi connectivity index (χ0n) is 20.7. The summed E-state index contributed by atoms with van der Waals surface area (Å²) >= 11 is 13.9. The van der Waals surface area contributed by atoms with E-state index in [1.165, 1.54) is 4.90 Å². The summed E-state index contributed by atoms with van der Waals surface area (Å²) in [6.07, 6.45) is 1.81. The molecule has 0 radical (unpaired) electrons. The topological polar surface area (TPSA) is 51.2 Å². The third kappa shape index (κ3) is 6.19. The van der Waals surface area contributed by atoms with Crippen molar-refractivity contribution in [2.45, 2.75) is 20.5 Å². The largest absolute Gasteiger partial charge is 0.494 e. The minimum atomic E-state index is -0.203. The lowest BCUT2D eigenvalue weighted by atomic mass is 10.1. The van der Waals surface area contributed by atoms with Crippen molar-refractivity contribution < 1.29 is 19.0 Å². The number of hydrogen-bond donors (Lipinski definition) is 0. The molecule has 1 saturated heterocycles. The molecule has 1 amide bonds. The van der Waals surface area contributed by atoms with Crippen LogP contribution in [0.5, 0.6) is 17.2 Å². The van der Waals surface area contributed by atoms with Gasteiger partial charge in [0.2, 0.25) is 0 Å². The first-order valence-electron chi connectivity index (χ1n) is 11.7. The fourth-order valence-corrected chi connectivity index (χ4v) is 5.14. The average Bonchev–Trinajstić information content (AvgIpc) is 3.07. The molecule has 1 fully saturated rings. The van der Waals surface area contributed by atoms with Crippen LogP contribution in [0.3, 0.4) is 0 Å². The van der Waals surface area contributed by atoms with Gasteiger partial charge < -0.3 is 19.1 Å². The Balaban J connectivity index is 1.61. The highest BCUT2D eigenvalue weighted by Crippen LogP contribution is 2.37. The van der Waals surface area contributed by atoms with E-state index >= 15 is 0 Å². The fraction of sp³-hybridized carbons (Fsp3) is 0.214. The van der Waals surface area contributed by atoms with Crippen LogP contribution in [0.15, 0.2) is 66.4 Å². The molecule has 3 aromatic rings. The maximum atomic E-state index is 13.4. The molecular formula is C28H26ClIN2O4S. The highest BCUT2D eigenvalue weighted by Gasteiger charge is 2.36. The maximum Gasteiger partial charge on any atom is 0.281 e. The number of hydrogen-bond acceptors (Lipinski definition) is 5. The molecule has 6 nitrogen and oxygen atoms in total. The lowest BCUT2D eigenvalue weighted by molar-refractivity contribution is -0.114. The summed E-state index contributed by atoms with van der Waals surface area (Å²) < 4.78 is 18.4. The molecule has 0 spiro atoms. The number of likely N-dealkylation sites (N-methyl/N-ethyl adjacent to an activating group) is 1. The second-order valence-electron chi connectivity index (χ2n) is 8.12. The molecule has 192 valence electrons. The first-order valence-corrected chi connectivity index (χ1v) is 13.6. The van der Waals surface area contributed by atoms with Crippen molar-refractivity contribution in [2.24, 2.45) is 0 Å². The smallest absolute Gasteiger partial charge is 0.281 e. The minimum absolute atomic E-state index is 0.203. The van der Waals surface area contributed by atoms with Crippen LogP contribution in [-0.4, -0.2) is 36.2 Å². The number of thiocarbonyl (C=S) groups is 1. The monoisotopic (exact) mass is 648 g/mol. The summed E-state index contributed by atoms with van der Waals surface area (Å²) in [4.78, 5) is 16.7. The number of nitrogens with zero attached hydrogens (tertiary/aromatic N) is 2. The Morgan fingerprint density at radius 3 is 2.41 bits per heavy atom. The van der Waals surface area contributed by atoms with Crippen LogP contribution in [0.2, 0.25) is 5.02 Å². The van der Waals surface area contributed by atoms with Crippen LogP contribution >= 0.6 is 46.4 Å². The first kappa shape index (κ1) is 27.2. The zero-order chi connectivity index (χ0) is 26.5. The quantitative estimate of drug-likeness (QED) is 0.143. The third-order valence-electron chi connectivity index (χ3n) is 5.57. The summed E-state index contributed by atoms with van der Waals surface area (Å²) in [5, 5.41) is 1.06. The van der Waals surface area contributed by atoms with Crippen molar-refractivity contribution in [3.8, 4) is 17.2 Å². The molecule has 1 heterocycles. The van der Waals surface area contributed by atoms with Crippen LogP contribution in [-0.2, 0) is 11.4 Å². The summed E-state index contributed by atoms with van der Waals surface area (Å²) in [6.45, 7) is 5.24. The number of halogens is 2. The van der Waals surface area contributed by atoms with Gasteiger partial charge in [-0.15, -0.1) is 0 Å². The molecule has 0 atom stereocenters. The standard InChI is InChI=1S/C28H26ClIN2O4S/c1-4-34-22-11-9-21(10-12-22)32-27(33)24(31(3)28(32)37)15-19-14-23(30)26(25(16-19)35-5-2)36-17-18-7-6-8-20(29)13-18/h6-16H,4-5,17H2,1-3H3/b24-15-. The molecule has 1 aliphatic rings. The van der Waals surface area contributed by atoms with Crippen molar-refractivity contribution in [3.05, 3.63) is 86.1 Å². The highest BCUT2D eigenvalue weighted by atomic mass is 127. The van der Waals surface area contributed by atoms with Gasteiger partial charge in [-0.1, -0.05) is 23.7 Å². The van der Waals surface area contributed by atoms with E-state index in [-0.39, 0.29) is 5.91 Å². The molecule has 0 saturated carbocycles. The van der Waals surface area contributed by atoms with E-state index < -0.39 is 0 Å². The highest BCUT2D eigenvalue weighted by molar-refractivity contribution is 14.1. The van der Waals surface area contributed by atoms with E-state index in [1.807, 2.05) is 80.6 Å². The van der Waals surface area contributed by atoms with Crippen molar-refractivity contribution in [3.63, 3.8) is 0 Å². The van der Waals surface area contributed by atoms with Gasteiger partial charge in [-0.25, -0.2) is 0 Å². The van der Waals surface area contributed by atoms with Crippen molar-refractivity contribution in [2.75, 3.05) is 25.2 Å². The van der Waals surface area contributed by atoms with Crippen LogP contribution < -0.4 is 19.1 Å². The maximum absolute atomic E-state index is 13.4. The van der Waals surface area contributed by atoms with E-state index in [4.69, 9.17) is 38.0 Å². The van der Waals surface area contributed by atoms with Crippen LogP contribution in [0.4, 0.5) is 5.69 Å². The van der Waals surface area contributed by atoms with Crippen LogP contribution in [0.1, 0.15) is 25.0 Å². The normalized spacial score (nSPS) is 14.5. The summed E-state index contributed by atoms with van der Waals surface area (Å²) in [7, 11) is 1.79.